The van der Waals surface area contributed by atoms with E-state index in [2.05, 4.69) is 0 Å². The molecule has 1 saturated heterocycles. The summed E-state index contributed by atoms with van der Waals surface area (Å²) >= 11 is 0. The number of fused-ring (bicyclic) bond motifs is 1. The van der Waals surface area contributed by atoms with Gasteiger partial charge >= 0.3 is 5.97 Å². The van der Waals surface area contributed by atoms with Crippen LogP contribution in [0.4, 0.5) is 0 Å². The van der Waals surface area contributed by atoms with Gasteiger partial charge in [-0.3, -0.25) is 9.69 Å². The van der Waals surface area contributed by atoms with Gasteiger partial charge in [-0.05, 0) is 12.8 Å². The van der Waals surface area contributed by atoms with Crippen molar-refractivity contribution in [1.29, 1.82) is 0 Å². The van der Waals surface area contributed by atoms with E-state index in [1.165, 1.54) is 6.42 Å². The lowest BCUT2D eigenvalue weighted by molar-refractivity contribution is -0.152. The van der Waals surface area contributed by atoms with E-state index in [9.17, 15) is 4.79 Å². The zero-order chi connectivity index (χ0) is 11.5. The monoisotopic (exact) mass is 228 g/mol. The van der Waals surface area contributed by atoms with Gasteiger partial charge in [0.2, 0.25) is 0 Å². The Labute approximate surface area is 95.5 Å². The zero-order valence-electron chi connectivity index (χ0n) is 9.47. The van der Waals surface area contributed by atoms with Crippen LogP contribution in [-0.4, -0.2) is 53.9 Å². The van der Waals surface area contributed by atoms with Gasteiger partial charge in [-0.15, -0.1) is 0 Å². The van der Waals surface area contributed by atoms with Gasteiger partial charge in [0, 0.05) is 19.1 Å². The topological polar surface area (TPSA) is 75.8 Å². The highest BCUT2D eigenvalue weighted by atomic mass is 16.5. The third-order valence-electron chi connectivity index (χ3n) is 3.68. The molecule has 3 N–H and O–H groups in total. The molecule has 0 aromatic rings. The largest absolute Gasteiger partial charge is 0.480 e. The summed E-state index contributed by atoms with van der Waals surface area (Å²) in [6.45, 7) is 1.50. The van der Waals surface area contributed by atoms with Crippen LogP contribution in [0.15, 0.2) is 0 Å². The van der Waals surface area contributed by atoms with Crippen LogP contribution >= 0.6 is 0 Å². The molecule has 5 heteroatoms. The van der Waals surface area contributed by atoms with E-state index in [4.69, 9.17) is 15.6 Å². The summed E-state index contributed by atoms with van der Waals surface area (Å²) in [4.78, 5) is 13.2. The number of carboxylic acids is 1. The number of morpholine rings is 1. The molecule has 1 aliphatic heterocycles. The van der Waals surface area contributed by atoms with Crippen LogP contribution in [0.2, 0.25) is 0 Å². The molecule has 2 aliphatic rings. The van der Waals surface area contributed by atoms with E-state index in [1.807, 2.05) is 4.90 Å². The SMILES string of the molecule is NCC(C(=O)O)N1CCOC2CCCCC21. The molecule has 0 aromatic carbocycles. The Morgan fingerprint density at radius 2 is 2.25 bits per heavy atom. The number of carbonyl (C=O) groups is 1. The molecule has 16 heavy (non-hydrogen) atoms. The molecule has 0 spiro atoms. The summed E-state index contributed by atoms with van der Waals surface area (Å²) in [7, 11) is 0. The molecule has 2 rings (SSSR count). The lowest BCUT2D eigenvalue weighted by Crippen LogP contribution is -2.60. The molecule has 0 aromatic heterocycles. The van der Waals surface area contributed by atoms with Crippen molar-refractivity contribution in [2.75, 3.05) is 19.7 Å². The third-order valence-corrected chi connectivity index (χ3v) is 3.68. The van der Waals surface area contributed by atoms with Gasteiger partial charge in [0.05, 0.1) is 12.7 Å². The maximum atomic E-state index is 11.1. The number of hydrogen-bond acceptors (Lipinski definition) is 4. The number of ether oxygens (including phenoxy) is 1. The molecular formula is C11H20N2O3. The van der Waals surface area contributed by atoms with Crippen molar-refractivity contribution in [3.63, 3.8) is 0 Å². The quantitative estimate of drug-likeness (QED) is 0.713. The minimum atomic E-state index is -0.811. The van der Waals surface area contributed by atoms with Gasteiger partial charge in [0.15, 0.2) is 0 Å². The average Bonchev–Trinajstić information content (AvgIpc) is 2.30. The van der Waals surface area contributed by atoms with Crippen molar-refractivity contribution < 1.29 is 14.6 Å². The second-order valence-electron chi connectivity index (χ2n) is 4.59. The zero-order valence-corrected chi connectivity index (χ0v) is 9.47. The van der Waals surface area contributed by atoms with E-state index in [0.29, 0.717) is 13.2 Å². The van der Waals surface area contributed by atoms with Crippen LogP contribution in [0, 0.1) is 0 Å². The van der Waals surface area contributed by atoms with Crippen molar-refractivity contribution in [2.24, 2.45) is 5.73 Å². The third kappa shape index (κ3) is 2.21. The molecule has 5 nitrogen and oxygen atoms in total. The van der Waals surface area contributed by atoms with Crippen molar-refractivity contribution in [3.05, 3.63) is 0 Å². The van der Waals surface area contributed by atoms with Crippen molar-refractivity contribution >= 4 is 5.97 Å². The van der Waals surface area contributed by atoms with E-state index < -0.39 is 12.0 Å². The summed E-state index contributed by atoms with van der Waals surface area (Å²) in [5.41, 5.74) is 5.56. The number of aliphatic carboxylic acids is 1. The lowest BCUT2D eigenvalue weighted by Gasteiger charge is -2.45. The minimum Gasteiger partial charge on any atom is -0.480 e. The number of carboxylic acid groups (broad SMARTS) is 1. The van der Waals surface area contributed by atoms with Gasteiger partial charge in [0.1, 0.15) is 6.04 Å². The van der Waals surface area contributed by atoms with Gasteiger partial charge < -0.3 is 15.6 Å². The first-order valence-corrected chi connectivity index (χ1v) is 6.04. The molecule has 1 aliphatic carbocycles. The Hall–Kier alpha value is -0.650. The second-order valence-corrected chi connectivity index (χ2v) is 4.59. The van der Waals surface area contributed by atoms with Gasteiger partial charge in [0.25, 0.3) is 0 Å². The Balaban J connectivity index is 2.09. The Kier molecular flexibility index (Phi) is 3.78. The smallest absolute Gasteiger partial charge is 0.322 e. The normalized spacial score (nSPS) is 33.1. The number of nitrogens with zero attached hydrogens (tertiary/aromatic N) is 1. The fraction of sp³-hybridized carbons (Fsp3) is 0.909. The Morgan fingerprint density at radius 3 is 2.94 bits per heavy atom. The standard InChI is InChI=1S/C11H20N2O3/c12-7-9(11(14)15)13-5-6-16-10-4-2-1-3-8(10)13/h8-10H,1-7,12H2,(H,14,15). The summed E-state index contributed by atoms with van der Waals surface area (Å²) in [5, 5.41) is 9.15. The molecule has 3 atom stereocenters. The van der Waals surface area contributed by atoms with Crippen molar-refractivity contribution in [2.45, 2.75) is 43.9 Å². The van der Waals surface area contributed by atoms with E-state index >= 15 is 0 Å². The highest BCUT2D eigenvalue weighted by molar-refractivity contribution is 5.73. The first kappa shape index (κ1) is 11.8. The van der Waals surface area contributed by atoms with Gasteiger partial charge in [-0.1, -0.05) is 12.8 Å². The average molecular weight is 228 g/mol. The lowest BCUT2D eigenvalue weighted by atomic mass is 9.89. The molecule has 92 valence electrons. The van der Waals surface area contributed by atoms with E-state index in [1.54, 1.807) is 0 Å². The number of nitrogens with two attached hydrogens (primary N) is 1. The van der Waals surface area contributed by atoms with Crippen LogP contribution in [0.25, 0.3) is 0 Å². The molecule has 0 bridgehead atoms. The van der Waals surface area contributed by atoms with Crippen LogP contribution in [-0.2, 0) is 9.53 Å². The van der Waals surface area contributed by atoms with Gasteiger partial charge in [-0.25, -0.2) is 0 Å². The predicted octanol–water partition coefficient (Wildman–Crippen LogP) is 0.0417. The minimum absolute atomic E-state index is 0.179. The highest BCUT2D eigenvalue weighted by Gasteiger charge is 2.39. The van der Waals surface area contributed by atoms with Crippen LogP contribution in [0.3, 0.4) is 0 Å². The first-order chi connectivity index (χ1) is 7.74. The predicted molar refractivity (Wildman–Crippen MR) is 59.2 cm³/mol. The summed E-state index contributed by atoms with van der Waals surface area (Å²) in [6.07, 6.45) is 4.66. The molecule has 2 fully saturated rings. The molecule has 3 unspecified atom stereocenters. The highest BCUT2D eigenvalue weighted by Crippen LogP contribution is 2.29. The van der Waals surface area contributed by atoms with Crippen LogP contribution in [0.1, 0.15) is 25.7 Å². The fourth-order valence-corrected chi connectivity index (χ4v) is 2.89. The fourth-order valence-electron chi connectivity index (χ4n) is 2.89. The summed E-state index contributed by atoms with van der Waals surface area (Å²) in [6, 6.07) is -0.290. The van der Waals surface area contributed by atoms with Crippen LogP contribution in [0.5, 0.6) is 0 Å². The first-order valence-electron chi connectivity index (χ1n) is 6.04. The van der Waals surface area contributed by atoms with E-state index in [0.717, 1.165) is 19.3 Å². The van der Waals surface area contributed by atoms with Gasteiger partial charge in [-0.2, -0.15) is 0 Å². The summed E-state index contributed by atoms with van der Waals surface area (Å²) in [5.74, 6) is -0.811. The van der Waals surface area contributed by atoms with Crippen molar-refractivity contribution in [1.82, 2.24) is 4.90 Å². The Morgan fingerprint density at radius 1 is 1.50 bits per heavy atom. The number of rotatable bonds is 3. The van der Waals surface area contributed by atoms with Crippen LogP contribution < -0.4 is 5.73 Å². The Bertz CT molecular complexity index is 258. The molecular weight excluding hydrogens is 208 g/mol. The maximum absolute atomic E-state index is 11.1. The molecule has 1 heterocycles. The summed E-state index contributed by atoms with van der Waals surface area (Å²) < 4.78 is 5.71. The van der Waals surface area contributed by atoms with Crippen molar-refractivity contribution in [3.8, 4) is 0 Å². The molecule has 0 amide bonds. The van der Waals surface area contributed by atoms with E-state index in [-0.39, 0.29) is 18.7 Å². The number of hydrogen-bond donors (Lipinski definition) is 2. The molecule has 1 saturated carbocycles. The second kappa shape index (κ2) is 5.12. The maximum Gasteiger partial charge on any atom is 0.322 e. The molecule has 0 radical (unpaired) electrons.